The van der Waals surface area contributed by atoms with Crippen LogP contribution in [0.4, 0.5) is 5.69 Å². The highest BCUT2D eigenvalue weighted by Crippen LogP contribution is 2.35. The molecule has 0 atom stereocenters. The molecule has 5 nitrogen and oxygen atoms in total. The summed E-state index contributed by atoms with van der Waals surface area (Å²) in [6.45, 7) is 1.20. The molecule has 0 radical (unpaired) electrons. The van der Waals surface area contributed by atoms with Crippen LogP contribution in [-0.2, 0) is 34.1 Å². The molecule has 1 N–H and O–H groups in total. The number of amides is 1. The van der Waals surface area contributed by atoms with E-state index in [1.54, 1.807) is 16.4 Å². The number of anilines is 1. The van der Waals surface area contributed by atoms with Crippen molar-refractivity contribution in [2.45, 2.75) is 43.4 Å². The second kappa shape index (κ2) is 8.09. The van der Waals surface area contributed by atoms with Gasteiger partial charge in [0, 0.05) is 30.6 Å². The summed E-state index contributed by atoms with van der Waals surface area (Å²) in [5, 5.41) is 5.46. The summed E-state index contributed by atoms with van der Waals surface area (Å²) >= 11 is 0. The van der Waals surface area contributed by atoms with Gasteiger partial charge in [-0.3, -0.25) is 4.79 Å². The number of nitrogens with zero attached hydrogens (tertiary/aromatic N) is 1. The summed E-state index contributed by atoms with van der Waals surface area (Å²) in [5.74, 6) is -0.0348. The maximum atomic E-state index is 12.6. The molecule has 1 heterocycles. The molecular formula is C25H26N2O3S. The van der Waals surface area contributed by atoms with Gasteiger partial charge >= 0.3 is 0 Å². The van der Waals surface area contributed by atoms with Crippen molar-refractivity contribution in [2.24, 2.45) is 0 Å². The molecule has 1 aliphatic heterocycles. The van der Waals surface area contributed by atoms with Crippen LogP contribution in [0, 0.1) is 0 Å². The summed E-state index contributed by atoms with van der Waals surface area (Å²) in [6, 6.07) is 17.4. The zero-order valence-corrected chi connectivity index (χ0v) is 18.2. The Bertz CT molecular complexity index is 1230. The summed E-state index contributed by atoms with van der Waals surface area (Å²) in [6.07, 6.45) is 4.89. The van der Waals surface area contributed by atoms with Crippen LogP contribution in [0.25, 0.3) is 10.8 Å². The van der Waals surface area contributed by atoms with E-state index in [-0.39, 0.29) is 5.91 Å². The number of aryl methyl sites for hydroxylation is 3. The van der Waals surface area contributed by atoms with Crippen LogP contribution in [0.3, 0.4) is 0 Å². The fourth-order valence-electron chi connectivity index (χ4n) is 4.73. The lowest BCUT2D eigenvalue weighted by Crippen LogP contribution is -2.27. The number of sulfonamides is 1. The van der Waals surface area contributed by atoms with E-state index in [4.69, 9.17) is 0 Å². The highest BCUT2D eigenvalue weighted by Gasteiger charge is 2.26. The number of carbonyl (C=O) groups excluding carboxylic acids is 1. The SMILES string of the molecule is O=C(CCc1ccc(S(=O)(=O)N2CCCC2)cc1)Nc1ccc2c3c(cccc13)CC2. The number of rotatable bonds is 6. The third kappa shape index (κ3) is 3.86. The van der Waals surface area contributed by atoms with E-state index < -0.39 is 10.0 Å². The van der Waals surface area contributed by atoms with E-state index in [1.807, 2.05) is 18.2 Å². The Morgan fingerprint density at radius 2 is 1.61 bits per heavy atom. The molecule has 31 heavy (non-hydrogen) atoms. The first-order chi connectivity index (χ1) is 15.0. The predicted molar refractivity (Wildman–Crippen MR) is 123 cm³/mol. The van der Waals surface area contributed by atoms with Crippen molar-refractivity contribution in [1.82, 2.24) is 4.31 Å². The van der Waals surface area contributed by atoms with E-state index in [2.05, 4.69) is 29.6 Å². The van der Waals surface area contributed by atoms with Gasteiger partial charge in [0.05, 0.1) is 4.90 Å². The lowest BCUT2D eigenvalue weighted by atomic mass is 10.0. The zero-order valence-electron chi connectivity index (χ0n) is 17.4. The summed E-state index contributed by atoms with van der Waals surface area (Å²) < 4.78 is 26.8. The largest absolute Gasteiger partial charge is 0.326 e. The van der Waals surface area contributed by atoms with Gasteiger partial charge in [-0.25, -0.2) is 8.42 Å². The van der Waals surface area contributed by atoms with Crippen LogP contribution in [0.2, 0.25) is 0 Å². The Morgan fingerprint density at radius 1 is 0.903 bits per heavy atom. The Balaban J connectivity index is 1.24. The van der Waals surface area contributed by atoms with Gasteiger partial charge in [-0.2, -0.15) is 4.31 Å². The van der Waals surface area contributed by atoms with Crippen LogP contribution in [0.5, 0.6) is 0 Å². The molecule has 1 aliphatic carbocycles. The van der Waals surface area contributed by atoms with Crippen molar-refractivity contribution in [2.75, 3.05) is 18.4 Å². The van der Waals surface area contributed by atoms with Gasteiger partial charge in [0.25, 0.3) is 0 Å². The summed E-state index contributed by atoms with van der Waals surface area (Å²) in [7, 11) is -3.40. The van der Waals surface area contributed by atoms with Gasteiger partial charge in [0.15, 0.2) is 0 Å². The highest BCUT2D eigenvalue weighted by molar-refractivity contribution is 7.89. The van der Waals surface area contributed by atoms with Gasteiger partial charge in [-0.15, -0.1) is 0 Å². The third-order valence-electron chi connectivity index (χ3n) is 6.42. The smallest absolute Gasteiger partial charge is 0.243 e. The number of benzene rings is 3. The van der Waals surface area contributed by atoms with Gasteiger partial charge in [0.2, 0.25) is 15.9 Å². The minimum absolute atomic E-state index is 0.0348. The maximum Gasteiger partial charge on any atom is 0.243 e. The Kier molecular flexibility index (Phi) is 5.28. The Labute approximate surface area is 183 Å². The molecule has 1 fully saturated rings. The fraction of sp³-hybridized carbons (Fsp3) is 0.320. The number of nitrogens with one attached hydrogen (secondary N) is 1. The molecule has 0 aromatic heterocycles. The minimum atomic E-state index is -3.40. The van der Waals surface area contributed by atoms with Crippen LogP contribution in [0.1, 0.15) is 36.0 Å². The molecule has 1 saturated heterocycles. The number of hydrogen-bond donors (Lipinski definition) is 1. The molecule has 5 rings (SSSR count). The molecule has 0 saturated carbocycles. The normalized spacial score (nSPS) is 16.1. The van der Waals surface area contributed by atoms with Crippen LogP contribution < -0.4 is 5.32 Å². The first-order valence-corrected chi connectivity index (χ1v) is 12.4. The predicted octanol–water partition coefficient (Wildman–Crippen LogP) is 4.29. The van der Waals surface area contributed by atoms with E-state index >= 15 is 0 Å². The van der Waals surface area contributed by atoms with Crippen molar-refractivity contribution in [3.63, 3.8) is 0 Å². The van der Waals surface area contributed by atoms with Gasteiger partial charge in [-0.1, -0.05) is 36.4 Å². The molecule has 0 bridgehead atoms. The van der Waals surface area contributed by atoms with Crippen LogP contribution >= 0.6 is 0 Å². The lowest BCUT2D eigenvalue weighted by molar-refractivity contribution is -0.116. The number of carbonyl (C=O) groups is 1. The first-order valence-electron chi connectivity index (χ1n) is 10.9. The van der Waals surface area contributed by atoms with Gasteiger partial charge < -0.3 is 5.32 Å². The molecule has 1 amide bonds. The van der Waals surface area contributed by atoms with Crippen molar-refractivity contribution in [3.05, 3.63) is 71.3 Å². The molecule has 0 spiro atoms. The fourth-order valence-corrected chi connectivity index (χ4v) is 6.25. The van der Waals surface area contributed by atoms with E-state index in [9.17, 15) is 13.2 Å². The molecular weight excluding hydrogens is 408 g/mol. The van der Waals surface area contributed by atoms with E-state index in [1.165, 1.54) is 16.5 Å². The Morgan fingerprint density at radius 3 is 2.35 bits per heavy atom. The van der Waals surface area contributed by atoms with Crippen molar-refractivity contribution >= 4 is 32.4 Å². The second-order valence-corrected chi connectivity index (χ2v) is 10.4. The van der Waals surface area contributed by atoms with E-state index in [0.29, 0.717) is 30.8 Å². The average molecular weight is 435 g/mol. The van der Waals surface area contributed by atoms with E-state index in [0.717, 1.165) is 42.3 Å². The summed E-state index contributed by atoms with van der Waals surface area (Å²) in [4.78, 5) is 12.9. The quantitative estimate of drug-likeness (QED) is 0.629. The van der Waals surface area contributed by atoms with Crippen molar-refractivity contribution in [1.29, 1.82) is 0 Å². The minimum Gasteiger partial charge on any atom is -0.326 e. The van der Waals surface area contributed by atoms with Crippen molar-refractivity contribution < 1.29 is 13.2 Å². The molecule has 0 unspecified atom stereocenters. The molecule has 2 aliphatic rings. The molecule has 3 aromatic rings. The third-order valence-corrected chi connectivity index (χ3v) is 8.33. The molecule has 6 heteroatoms. The molecule has 3 aromatic carbocycles. The van der Waals surface area contributed by atoms with Gasteiger partial charge in [-0.05, 0) is 72.4 Å². The zero-order chi connectivity index (χ0) is 21.4. The lowest BCUT2D eigenvalue weighted by Gasteiger charge is -2.15. The van der Waals surface area contributed by atoms with Crippen molar-refractivity contribution in [3.8, 4) is 0 Å². The monoisotopic (exact) mass is 434 g/mol. The molecule has 160 valence electrons. The first kappa shape index (κ1) is 20.2. The second-order valence-electron chi connectivity index (χ2n) is 8.42. The Hall–Kier alpha value is -2.70. The number of hydrogen-bond acceptors (Lipinski definition) is 3. The van der Waals surface area contributed by atoms with Gasteiger partial charge in [0.1, 0.15) is 0 Å². The summed E-state index contributed by atoms with van der Waals surface area (Å²) in [5.41, 5.74) is 4.52. The van der Waals surface area contributed by atoms with Crippen LogP contribution in [0.15, 0.2) is 59.5 Å². The highest BCUT2D eigenvalue weighted by atomic mass is 32.2. The standard InChI is InChI=1S/C25H26N2O3S/c28-24(26-23-14-11-20-10-9-19-4-3-5-22(23)25(19)20)15-8-18-6-12-21(13-7-18)31(29,30)27-16-1-2-17-27/h3-7,11-14H,1-2,8-10,15-17H2,(H,26,28). The van der Waals surface area contributed by atoms with Crippen LogP contribution in [-0.4, -0.2) is 31.7 Å². The average Bonchev–Trinajstić information content (AvgIpc) is 3.46. The maximum absolute atomic E-state index is 12.6. The topological polar surface area (TPSA) is 66.5 Å².